The molecule has 1 heterocycles. The first kappa shape index (κ1) is 12.9. The molecule has 0 bridgehead atoms. The molecule has 3 heteroatoms. The van der Waals surface area contributed by atoms with E-state index in [-0.39, 0.29) is 0 Å². The fraction of sp³-hybridized carbons (Fsp3) is 0.571. The summed E-state index contributed by atoms with van der Waals surface area (Å²) in [7, 11) is 2.05. The number of benzene rings is 1. The second-order valence-corrected chi connectivity index (χ2v) is 5.33. The van der Waals surface area contributed by atoms with E-state index in [1.165, 1.54) is 23.3 Å². The maximum atomic E-state index is 5.61. The minimum absolute atomic E-state index is 0.416. The predicted octanol–water partition coefficient (Wildman–Crippen LogP) is 3.10. The van der Waals surface area contributed by atoms with Gasteiger partial charge in [-0.3, -0.25) is 0 Å². The first-order chi connectivity index (χ1) is 8.36. The number of thioether (sulfide) groups is 1. The van der Waals surface area contributed by atoms with Crippen molar-refractivity contribution >= 4 is 11.8 Å². The third-order valence-electron chi connectivity index (χ3n) is 3.45. The van der Waals surface area contributed by atoms with E-state index in [0.717, 1.165) is 13.2 Å². The number of ether oxygens (including phenoxy) is 1. The standard InChI is InChI=1S/C14H21NOS/c1-15-14(11-6-5-9-16-10-11)12-7-3-4-8-13(12)17-2/h3-4,7-8,11,14-15H,5-6,9-10H2,1-2H3. The lowest BCUT2D eigenvalue weighted by atomic mass is 9.89. The quantitative estimate of drug-likeness (QED) is 0.831. The Labute approximate surface area is 108 Å². The summed E-state index contributed by atoms with van der Waals surface area (Å²) in [5, 5.41) is 3.47. The Balaban J connectivity index is 2.21. The van der Waals surface area contributed by atoms with Crippen LogP contribution in [0.3, 0.4) is 0 Å². The van der Waals surface area contributed by atoms with E-state index in [1.807, 2.05) is 11.8 Å². The minimum atomic E-state index is 0.416. The van der Waals surface area contributed by atoms with E-state index in [0.29, 0.717) is 12.0 Å². The van der Waals surface area contributed by atoms with E-state index < -0.39 is 0 Å². The van der Waals surface area contributed by atoms with Crippen LogP contribution < -0.4 is 5.32 Å². The van der Waals surface area contributed by atoms with Crippen LogP contribution in [0.15, 0.2) is 29.2 Å². The highest BCUT2D eigenvalue weighted by atomic mass is 32.2. The molecule has 0 radical (unpaired) electrons. The Morgan fingerprint density at radius 1 is 1.41 bits per heavy atom. The molecule has 17 heavy (non-hydrogen) atoms. The maximum Gasteiger partial charge on any atom is 0.0512 e. The maximum absolute atomic E-state index is 5.61. The molecule has 1 aliphatic heterocycles. The van der Waals surface area contributed by atoms with Crippen molar-refractivity contribution in [2.24, 2.45) is 5.92 Å². The van der Waals surface area contributed by atoms with Crippen molar-refractivity contribution < 1.29 is 4.74 Å². The van der Waals surface area contributed by atoms with Gasteiger partial charge in [0, 0.05) is 23.5 Å². The van der Waals surface area contributed by atoms with Crippen molar-refractivity contribution in [3.63, 3.8) is 0 Å². The molecule has 94 valence electrons. The van der Waals surface area contributed by atoms with E-state index in [9.17, 15) is 0 Å². The molecule has 0 aliphatic carbocycles. The van der Waals surface area contributed by atoms with Gasteiger partial charge >= 0.3 is 0 Å². The summed E-state index contributed by atoms with van der Waals surface area (Å²) in [6.45, 7) is 1.81. The lowest BCUT2D eigenvalue weighted by molar-refractivity contribution is 0.0398. The molecule has 2 nitrogen and oxygen atoms in total. The summed E-state index contributed by atoms with van der Waals surface area (Å²) in [5.74, 6) is 0.599. The van der Waals surface area contributed by atoms with Crippen LogP contribution in [-0.4, -0.2) is 26.5 Å². The van der Waals surface area contributed by atoms with Crippen LogP contribution in [0.1, 0.15) is 24.4 Å². The second kappa shape index (κ2) is 6.43. The largest absolute Gasteiger partial charge is 0.381 e. The van der Waals surface area contributed by atoms with Crippen LogP contribution in [0.4, 0.5) is 0 Å². The van der Waals surface area contributed by atoms with E-state index in [1.54, 1.807) is 0 Å². The predicted molar refractivity (Wildman–Crippen MR) is 73.6 cm³/mol. The molecule has 0 aromatic heterocycles. The average Bonchev–Trinajstić information content (AvgIpc) is 2.41. The topological polar surface area (TPSA) is 21.3 Å². The van der Waals surface area contributed by atoms with Gasteiger partial charge in [0.15, 0.2) is 0 Å². The fourth-order valence-electron chi connectivity index (χ4n) is 2.60. The van der Waals surface area contributed by atoms with Crippen LogP contribution in [0.2, 0.25) is 0 Å². The first-order valence-corrected chi connectivity index (χ1v) is 7.47. The molecule has 1 fully saturated rings. The smallest absolute Gasteiger partial charge is 0.0512 e. The second-order valence-electron chi connectivity index (χ2n) is 4.49. The van der Waals surface area contributed by atoms with Crippen molar-refractivity contribution in [1.82, 2.24) is 5.32 Å². The number of hydrogen-bond acceptors (Lipinski definition) is 3. The summed E-state index contributed by atoms with van der Waals surface area (Å²) in [4.78, 5) is 1.37. The van der Waals surface area contributed by atoms with Gasteiger partial charge in [-0.1, -0.05) is 18.2 Å². The molecule has 2 atom stereocenters. The third kappa shape index (κ3) is 3.03. The number of rotatable bonds is 4. The van der Waals surface area contributed by atoms with Crippen molar-refractivity contribution in [1.29, 1.82) is 0 Å². The molecule has 1 saturated heterocycles. The van der Waals surface area contributed by atoms with Gasteiger partial charge in [-0.2, -0.15) is 0 Å². The van der Waals surface area contributed by atoms with E-state index in [4.69, 9.17) is 4.74 Å². The Morgan fingerprint density at radius 3 is 2.88 bits per heavy atom. The molecule has 0 saturated carbocycles. The van der Waals surface area contributed by atoms with Gasteiger partial charge in [-0.05, 0) is 37.8 Å². The third-order valence-corrected chi connectivity index (χ3v) is 4.26. The molecule has 2 rings (SSSR count). The Bertz CT molecular complexity index is 350. The zero-order chi connectivity index (χ0) is 12.1. The molecule has 1 aromatic rings. The van der Waals surface area contributed by atoms with Crippen LogP contribution in [0.5, 0.6) is 0 Å². The zero-order valence-electron chi connectivity index (χ0n) is 10.6. The van der Waals surface area contributed by atoms with Crippen LogP contribution in [0, 0.1) is 5.92 Å². The highest BCUT2D eigenvalue weighted by molar-refractivity contribution is 7.98. The SMILES string of the molecule is CNC(c1ccccc1SC)C1CCCOC1. The first-order valence-electron chi connectivity index (χ1n) is 6.24. The minimum Gasteiger partial charge on any atom is -0.381 e. The molecule has 0 spiro atoms. The Morgan fingerprint density at radius 2 is 2.24 bits per heavy atom. The Kier molecular flexibility index (Phi) is 4.89. The summed E-state index contributed by atoms with van der Waals surface area (Å²) >= 11 is 1.82. The van der Waals surface area contributed by atoms with Crippen LogP contribution >= 0.6 is 11.8 Å². The van der Waals surface area contributed by atoms with Crippen LogP contribution in [-0.2, 0) is 4.74 Å². The highest BCUT2D eigenvalue weighted by Crippen LogP contribution is 2.33. The zero-order valence-corrected chi connectivity index (χ0v) is 11.4. The normalized spacial score (nSPS) is 22.4. The lowest BCUT2D eigenvalue weighted by Crippen LogP contribution is -2.31. The van der Waals surface area contributed by atoms with Crippen molar-refractivity contribution in [2.75, 3.05) is 26.5 Å². The van der Waals surface area contributed by atoms with Gasteiger partial charge in [0.2, 0.25) is 0 Å². The van der Waals surface area contributed by atoms with Gasteiger partial charge in [0.05, 0.1) is 6.61 Å². The van der Waals surface area contributed by atoms with E-state index in [2.05, 4.69) is 42.9 Å². The van der Waals surface area contributed by atoms with Crippen molar-refractivity contribution in [3.05, 3.63) is 29.8 Å². The molecule has 2 unspecified atom stereocenters. The molecule has 1 aliphatic rings. The van der Waals surface area contributed by atoms with Crippen molar-refractivity contribution in [2.45, 2.75) is 23.8 Å². The fourth-order valence-corrected chi connectivity index (χ4v) is 3.24. The average molecular weight is 251 g/mol. The monoisotopic (exact) mass is 251 g/mol. The lowest BCUT2D eigenvalue weighted by Gasteiger charge is -2.31. The van der Waals surface area contributed by atoms with Gasteiger partial charge in [-0.15, -0.1) is 11.8 Å². The molecular weight excluding hydrogens is 230 g/mol. The Hall–Kier alpha value is -0.510. The number of hydrogen-bond donors (Lipinski definition) is 1. The molecule has 1 aromatic carbocycles. The van der Waals surface area contributed by atoms with Gasteiger partial charge in [0.1, 0.15) is 0 Å². The summed E-state index contributed by atoms with van der Waals surface area (Å²) in [6, 6.07) is 9.09. The highest BCUT2D eigenvalue weighted by Gasteiger charge is 2.25. The van der Waals surface area contributed by atoms with E-state index >= 15 is 0 Å². The molecule has 0 amide bonds. The summed E-state index contributed by atoms with van der Waals surface area (Å²) in [6.07, 6.45) is 4.58. The summed E-state index contributed by atoms with van der Waals surface area (Å²) < 4.78 is 5.61. The summed E-state index contributed by atoms with van der Waals surface area (Å²) in [5.41, 5.74) is 1.41. The molecular formula is C14H21NOS. The van der Waals surface area contributed by atoms with Gasteiger partial charge in [-0.25, -0.2) is 0 Å². The van der Waals surface area contributed by atoms with Gasteiger partial charge in [0.25, 0.3) is 0 Å². The number of nitrogens with one attached hydrogen (secondary N) is 1. The molecule has 1 N–H and O–H groups in total. The van der Waals surface area contributed by atoms with Gasteiger partial charge < -0.3 is 10.1 Å². The van der Waals surface area contributed by atoms with Crippen LogP contribution in [0.25, 0.3) is 0 Å². The van der Waals surface area contributed by atoms with Crippen molar-refractivity contribution in [3.8, 4) is 0 Å².